The molecular formula is C18H14N2O4. The Kier molecular flexibility index (Phi) is 4.20. The van der Waals surface area contributed by atoms with Gasteiger partial charge >= 0.3 is 5.97 Å². The van der Waals surface area contributed by atoms with Gasteiger partial charge in [-0.3, -0.25) is 15.1 Å². The van der Waals surface area contributed by atoms with Crippen molar-refractivity contribution in [3.8, 4) is 0 Å². The summed E-state index contributed by atoms with van der Waals surface area (Å²) >= 11 is 0. The number of para-hydroxylation sites is 1. The summed E-state index contributed by atoms with van der Waals surface area (Å²) in [5.41, 5.74) is 2.40. The number of nitrogens with zero attached hydrogens (tertiary/aromatic N) is 2. The summed E-state index contributed by atoms with van der Waals surface area (Å²) in [6.45, 7) is 1.78. The second kappa shape index (κ2) is 6.45. The Bertz CT molecular complexity index is 937. The van der Waals surface area contributed by atoms with Crippen LogP contribution in [0.4, 0.5) is 5.69 Å². The summed E-state index contributed by atoms with van der Waals surface area (Å²) < 4.78 is 5.32. The van der Waals surface area contributed by atoms with Crippen LogP contribution in [0, 0.1) is 17.0 Å². The highest BCUT2D eigenvalue weighted by Crippen LogP contribution is 2.20. The van der Waals surface area contributed by atoms with Crippen LogP contribution in [-0.2, 0) is 11.3 Å². The van der Waals surface area contributed by atoms with Gasteiger partial charge in [-0.25, -0.2) is 4.79 Å². The zero-order chi connectivity index (χ0) is 17.1. The fourth-order valence-corrected chi connectivity index (χ4v) is 2.46. The molecule has 120 valence electrons. The lowest BCUT2D eigenvalue weighted by atomic mass is 10.1. The molecule has 0 aliphatic heterocycles. The van der Waals surface area contributed by atoms with Crippen LogP contribution >= 0.6 is 0 Å². The van der Waals surface area contributed by atoms with Gasteiger partial charge in [0.15, 0.2) is 0 Å². The molecule has 6 nitrogen and oxygen atoms in total. The van der Waals surface area contributed by atoms with Gasteiger partial charge in [-0.2, -0.15) is 0 Å². The third-order valence-corrected chi connectivity index (χ3v) is 3.56. The van der Waals surface area contributed by atoms with Crippen molar-refractivity contribution < 1.29 is 14.5 Å². The van der Waals surface area contributed by atoms with Gasteiger partial charge in [0.25, 0.3) is 5.69 Å². The molecule has 24 heavy (non-hydrogen) atoms. The molecular weight excluding hydrogens is 308 g/mol. The number of carbonyl (C=O) groups is 1. The first-order valence-corrected chi connectivity index (χ1v) is 7.31. The minimum absolute atomic E-state index is 0.0315. The highest BCUT2D eigenvalue weighted by molar-refractivity contribution is 6.03. The number of rotatable bonds is 4. The number of ether oxygens (including phenoxy) is 1. The normalized spacial score (nSPS) is 10.5. The lowest BCUT2D eigenvalue weighted by molar-refractivity contribution is -0.384. The molecule has 0 amide bonds. The summed E-state index contributed by atoms with van der Waals surface area (Å²) in [4.78, 5) is 27.1. The lowest BCUT2D eigenvalue weighted by Crippen LogP contribution is -2.07. The Hall–Kier alpha value is -3.28. The maximum atomic E-state index is 12.4. The molecule has 1 heterocycles. The maximum absolute atomic E-state index is 12.4. The molecule has 0 radical (unpaired) electrons. The van der Waals surface area contributed by atoms with Crippen molar-refractivity contribution in [1.29, 1.82) is 0 Å². The van der Waals surface area contributed by atoms with Crippen molar-refractivity contribution in [2.75, 3.05) is 0 Å². The summed E-state index contributed by atoms with van der Waals surface area (Å²) in [5.74, 6) is -0.483. The molecule has 0 atom stereocenters. The first kappa shape index (κ1) is 15.6. The standard InChI is InChI=1S/C18H14N2O4/c1-12-9-16(15-7-2-3-8-17(15)19-12)18(21)24-11-13-5-4-6-14(10-13)20(22)23/h2-10H,11H2,1H3. The Balaban J connectivity index is 1.83. The van der Waals surface area contributed by atoms with Crippen LogP contribution in [0.1, 0.15) is 21.6 Å². The van der Waals surface area contributed by atoms with E-state index in [2.05, 4.69) is 4.98 Å². The zero-order valence-corrected chi connectivity index (χ0v) is 12.9. The van der Waals surface area contributed by atoms with Gasteiger partial charge in [-0.05, 0) is 24.6 Å². The quantitative estimate of drug-likeness (QED) is 0.414. The molecule has 2 aromatic carbocycles. The van der Waals surface area contributed by atoms with Crippen LogP contribution in [-0.4, -0.2) is 15.9 Å². The van der Waals surface area contributed by atoms with Crippen LogP contribution < -0.4 is 0 Å². The molecule has 0 spiro atoms. The molecule has 1 aromatic heterocycles. The number of esters is 1. The Labute approximate surface area is 137 Å². The largest absolute Gasteiger partial charge is 0.457 e. The van der Waals surface area contributed by atoms with E-state index in [0.29, 0.717) is 16.5 Å². The molecule has 0 unspecified atom stereocenters. The zero-order valence-electron chi connectivity index (χ0n) is 12.9. The highest BCUT2D eigenvalue weighted by Gasteiger charge is 2.14. The van der Waals surface area contributed by atoms with Crippen molar-refractivity contribution in [2.24, 2.45) is 0 Å². The fraction of sp³-hybridized carbons (Fsp3) is 0.111. The van der Waals surface area contributed by atoms with E-state index < -0.39 is 10.9 Å². The van der Waals surface area contributed by atoms with Gasteiger partial charge < -0.3 is 4.74 Å². The summed E-state index contributed by atoms with van der Waals surface area (Å²) in [7, 11) is 0. The van der Waals surface area contributed by atoms with E-state index in [1.54, 1.807) is 18.2 Å². The predicted molar refractivity (Wildman–Crippen MR) is 88.7 cm³/mol. The number of carbonyl (C=O) groups excluding carboxylic acids is 1. The number of nitro groups is 1. The van der Waals surface area contributed by atoms with Crippen molar-refractivity contribution in [2.45, 2.75) is 13.5 Å². The number of aromatic nitrogens is 1. The van der Waals surface area contributed by atoms with Crippen LogP contribution in [0.25, 0.3) is 10.9 Å². The minimum atomic E-state index is -0.483. The predicted octanol–water partition coefficient (Wildman–Crippen LogP) is 3.81. The number of pyridine rings is 1. The number of hydrogen-bond acceptors (Lipinski definition) is 5. The van der Waals surface area contributed by atoms with E-state index in [0.717, 1.165) is 11.2 Å². The van der Waals surface area contributed by atoms with Gasteiger partial charge in [0.05, 0.1) is 16.0 Å². The van der Waals surface area contributed by atoms with Crippen LogP contribution in [0.2, 0.25) is 0 Å². The number of benzene rings is 2. The molecule has 0 fully saturated rings. The van der Waals surface area contributed by atoms with Crippen LogP contribution in [0.15, 0.2) is 54.6 Å². The topological polar surface area (TPSA) is 82.3 Å². The summed E-state index contributed by atoms with van der Waals surface area (Å²) in [6, 6.07) is 15.0. The summed E-state index contributed by atoms with van der Waals surface area (Å²) in [6.07, 6.45) is 0. The molecule has 0 saturated carbocycles. The Morgan fingerprint density at radius 2 is 1.96 bits per heavy atom. The monoisotopic (exact) mass is 322 g/mol. The second-order valence-corrected chi connectivity index (χ2v) is 5.33. The molecule has 6 heteroatoms. The van der Waals surface area contributed by atoms with E-state index in [1.807, 2.05) is 31.2 Å². The van der Waals surface area contributed by atoms with Crippen molar-refractivity contribution in [3.05, 3.63) is 81.5 Å². The first-order chi connectivity index (χ1) is 11.5. The number of fused-ring (bicyclic) bond motifs is 1. The van der Waals surface area contributed by atoms with Gasteiger partial charge in [0.1, 0.15) is 6.61 Å². The van der Waals surface area contributed by atoms with Gasteiger partial charge in [-0.15, -0.1) is 0 Å². The second-order valence-electron chi connectivity index (χ2n) is 5.33. The molecule has 3 aromatic rings. The minimum Gasteiger partial charge on any atom is -0.457 e. The Morgan fingerprint density at radius 3 is 2.75 bits per heavy atom. The van der Waals surface area contributed by atoms with Crippen LogP contribution in [0.3, 0.4) is 0 Å². The number of non-ortho nitro benzene ring substituents is 1. The average molecular weight is 322 g/mol. The van der Waals surface area contributed by atoms with E-state index in [1.165, 1.54) is 12.1 Å². The van der Waals surface area contributed by atoms with E-state index in [-0.39, 0.29) is 12.3 Å². The van der Waals surface area contributed by atoms with Gasteiger partial charge in [-0.1, -0.05) is 30.3 Å². The van der Waals surface area contributed by atoms with E-state index in [4.69, 9.17) is 4.74 Å². The number of aryl methyl sites for hydroxylation is 1. The number of hydrogen-bond donors (Lipinski definition) is 0. The fourth-order valence-electron chi connectivity index (χ4n) is 2.46. The van der Waals surface area contributed by atoms with Crippen molar-refractivity contribution in [3.63, 3.8) is 0 Å². The Morgan fingerprint density at radius 1 is 1.17 bits per heavy atom. The maximum Gasteiger partial charge on any atom is 0.339 e. The molecule has 0 saturated heterocycles. The molecule has 0 aliphatic carbocycles. The molecule has 3 rings (SSSR count). The SMILES string of the molecule is Cc1cc(C(=O)OCc2cccc([N+](=O)[O-])c2)c2ccccc2n1. The molecule has 0 aliphatic rings. The third kappa shape index (κ3) is 3.22. The molecule has 0 bridgehead atoms. The van der Waals surface area contributed by atoms with Crippen LogP contribution in [0.5, 0.6) is 0 Å². The summed E-state index contributed by atoms with van der Waals surface area (Å²) in [5, 5.41) is 11.5. The molecule has 0 N–H and O–H groups in total. The van der Waals surface area contributed by atoms with Crippen molar-refractivity contribution >= 4 is 22.6 Å². The smallest absolute Gasteiger partial charge is 0.339 e. The van der Waals surface area contributed by atoms with Crippen molar-refractivity contribution in [1.82, 2.24) is 4.98 Å². The highest BCUT2D eigenvalue weighted by atomic mass is 16.6. The number of nitro benzene ring substituents is 1. The lowest BCUT2D eigenvalue weighted by Gasteiger charge is -2.08. The van der Waals surface area contributed by atoms with E-state index >= 15 is 0 Å². The van der Waals surface area contributed by atoms with Gasteiger partial charge in [0.2, 0.25) is 0 Å². The first-order valence-electron chi connectivity index (χ1n) is 7.31. The average Bonchev–Trinajstić information content (AvgIpc) is 2.59. The third-order valence-electron chi connectivity index (χ3n) is 3.56. The van der Waals surface area contributed by atoms with Gasteiger partial charge in [0, 0.05) is 23.2 Å². The van der Waals surface area contributed by atoms with E-state index in [9.17, 15) is 14.9 Å².